The normalized spacial score (nSPS) is 11.4. The van der Waals surface area contributed by atoms with E-state index in [2.05, 4.69) is 4.98 Å². The number of nitro groups is 1. The summed E-state index contributed by atoms with van der Waals surface area (Å²) in [5.74, 6) is -1.74. The van der Waals surface area contributed by atoms with Crippen LogP contribution in [0.25, 0.3) is 0 Å². The predicted molar refractivity (Wildman–Crippen MR) is 65.7 cm³/mol. The van der Waals surface area contributed by atoms with E-state index in [1.165, 1.54) is 31.1 Å². The highest BCUT2D eigenvalue weighted by atomic mass is 16.6. The lowest BCUT2D eigenvalue weighted by molar-refractivity contribution is -0.384. The summed E-state index contributed by atoms with van der Waals surface area (Å²) in [7, 11) is 1.50. The van der Waals surface area contributed by atoms with Crippen molar-refractivity contribution in [1.29, 1.82) is 5.26 Å². The fourth-order valence-corrected chi connectivity index (χ4v) is 1.57. The number of rotatable bonds is 5. The van der Waals surface area contributed by atoms with Gasteiger partial charge < -0.3 is 10.0 Å². The van der Waals surface area contributed by atoms with Gasteiger partial charge in [0.05, 0.1) is 10.8 Å². The van der Waals surface area contributed by atoms with E-state index in [4.69, 9.17) is 10.4 Å². The molecule has 1 heterocycles. The van der Waals surface area contributed by atoms with Crippen LogP contribution in [-0.4, -0.2) is 34.6 Å². The first-order valence-corrected chi connectivity index (χ1v) is 5.36. The standard InChI is InChI=1S/C11H12N4O4/c1-7(11(16)17)6-14(2)10-9(15(18)19)8(5-12)3-4-13-10/h3-4,7H,6H2,1-2H3,(H,16,17). The topological polar surface area (TPSA) is 120 Å². The molecule has 0 aromatic carbocycles. The Hall–Kier alpha value is -2.69. The van der Waals surface area contributed by atoms with Crippen LogP contribution in [0.15, 0.2) is 12.3 Å². The van der Waals surface area contributed by atoms with Crippen LogP contribution < -0.4 is 4.90 Å². The van der Waals surface area contributed by atoms with E-state index in [9.17, 15) is 14.9 Å². The van der Waals surface area contributed by atoms with E-state index in [1.54, 1.807) is 6.07 Å². The molecule has 1 N–H and O–H groups in total. The fourth-order valence-electron chi connectivity index (χ4n) is 1.57. The van der Waals surface area contributed by atoms with E-state index in [1.807, 2.05) is 0 Å². The van der Waals surface area contributed by atoms with Crippen LogP contribution >= 0.6 is 0 Å². The number of carboxylic acids is 1. The number of hydrogen-bond donors (Lipinski definition) is 1. The van der Waals surface area contributed by atoms with Crippen LogP contribution in [0.1, 0.15) is 12.5 Å². The van der Waals surface area contributed by atoms with Crippen molar-refractivity contribution in [1.82, 2.24) is 4.98 Å². The maximum Gasteiger partial charge on any atom is 0.329 e. The molecule has 8 nitrogen and oxygen atoms in total. The van der Waals surface area contributed by atoms with Gasteiger partial charge in [-0.2, -0.15) is 5.26 Å². The molecule has 100 valence electrons. The molecule has 1 rings (SSSR count). The summed E-state index contributed by atoms with van der Waals surface area (Å²) in [6.07, 6.45) is 1.28. The van der Waals surface area contributed by atoms with Gasteiger partial charge in [0.25, 0.3) is 0 Å². The molecule has 0 radical (unpaired) electrons. The number of hydrogen-bond acceptors (Lipinski definition) is 6. The molecule has 0 saturated carbocycles. The molecule has 1 atom stereocenters. The van der Waals surface area contributed by atoms with Gasteiger partial charge >= 0.3 is 11.7 Å². The molecule has 0 spiro atoms. The van der Waals surface area contributed by atoms with Crippen LogP contribution in [0.4, 0.5) is 11.5 Å². The maximum atomic E-state index is 11.0. The molecule has 1 aromatic rings. The molecule has 0 aliphatic carbocycles. The Morgan fingerprint density at radius 1 is 1.74 bits per heavy atom. The first kappa shape index (κ1) is 14.4. The van der Waals surface area contributed by atoms with Crippen molar-refractivity contribution in [2.24, 2.45) is 5.92 Å². The zero-order valence-corrected chi connectivity index (χ0v) is 10.4. The van der Waals surface area contributed by atoms with Crippen LogP contribution in [-0.2, 0) is 4.79 Å². The summed E-state index contributed by atoms with van der Waals surface area (Å²) in [6, 6.07) is 2.97. The number of nitrogens with zero attached hydrogens (tertiary/aromatic N) is 4. The molecule has 0 aliphatic heterocycles. The third-order valence-corrected chi connectivity index (χ3v) is 2.54. The molecule has 0 fully saturated rings. The first-order chi connectivity index (χ1) is 8.88. The van der Waals surface area contributed by atoms with Gasteiger partial charge in [-0.1, -0.05) is 6.92 Å². The van der Waals surface area contributed by atoms with Crippen molar-refractivity contribution in [3.8, 4) is 6.07 Å². The highest BCUT2D eigenvalue weighted by molar-refractivity contribution is 5.71. The second-order valence-corrected chi connectivity index (χ2v) is 4.02. The zero-order valence-electron chi connectivity index (χ0n) is 10.4. The van der Waals surface area contributed by atoms with Crippen LogP contribution in [0.5, 0.6) is 0 Å². The van der Waals surface area contributed by atoms with E-state index < -0.39 is 22.5 Å². The Morgan fingerprint density at radius 2 is 2.37 bits per heavy atom. The van der Waals surface area contributed by atoms with Crippen molar-refractivity contribution in [2.45, 2.75) is 6.92 Å². The molecule has 0 amide bonds. The Kier molecular flexibility index (Phi) is 4.36. The largest absolute Gasteiger partial charge is 0.481 e. The van der Waals surface area contributed by atoms with E-state index in [0.717, 1.165) is 0 Å². The number of anilines is 1. The molecule has 0 saturated heterocycles. The lowest BCUT2D eigenvalue weighted by Crippen LogP contribution is -2.29. The van der Waals surface area contributed by atoms with Gasteiger partial charge in [-0.15, -0.1) is 0 Å². The smallest absolute Gasteiger partial charge is 0.329 e. The zero-order chi connectivity index (χ0) is 14.6. The van der Waals surface area contributed by atoms with Crippen LogP contribution in [0.3, 0.4) is 0 Å². The average molecular weight is 264 g/mol. The Morgan fingerprint density at radius 3 is 2.84 bits per heavy atom. The molecule has 1 aromatic heterocycles. The Labute approximate surface area is 109 Å². The fraction of sp³-hybridized carbons (Fsp3) is 0.364. The highest BCUT2D eigenvalue weighted by Gasteiger charge is 2.25. The minimum atomic E-state index is -1.01. The lowest BCUT2D eigenvalue weighted by atomic mass is 10.1. The second-order valence-electron chi connectivity index (χ2n) is 4.02. The SMILES string of the molecule is CC(CN(C)c1nccc(C#N)c1[N+](=O)[O-])C(=O)O. The van der Waals surface area contributed by atoms with Crippen LogP contribution in [0, 0.1) is 27.4 Å². The monoisotopic (exact) mass is 264 g/mol. The summed E-state index contributed by atoms with van der Waals surface area (Å²) in [6.45, 7) is 1.54. The molecular weight excluding hydrogens is 252 g/mol. The molecule has 8 heteroatoms. The van der Waals surface area contributed by atoms with E-state index in [-0.39, 0.29) is 17.9 Å². The van der Waals surface area contributed by atoms with Gasteiger partial charge in [-0.25, -0.2) is 4.98 Å². The summed E-state index contributed by atoms with van der Waals surface area (Å²) >= 11 is 0. The van der Waals surface area contributed by atoms with Crippen molar-refractivity contribution >= 4 is 17.5 Å². The predicted octanol–water partition coefficient (Wildman–Crippen LogP) is 1.02. The minimum absolute atomic E-state index is 0.0165. The first-order valence-electron chi connectivity index (χ1n) is 5.36. The van der Waals surface area contributed by atoms with Gasteiger partial charge in [0.1, 0.15) is 11.6 Å². The average Bonchev–Trinajstić information content (AvgIpc) is 2.37. The minimum Gasteiger partial charge on any atom is -0.481 e. The lowest BCUT2D eigenvalue weighted by Gasteiger charge is -2.20. The van der Waals surface area contributed by atoms with Gasteiger partial charge in [-0.3, -0.25) is 14.9 Å². The number of carboxylic acid groups (broad SMARTS) is 1. The molecular formula is C11H12N4O4. The summed E-state index contributed by atoms with van der Waals surface area (Å²) in [4.78, 5) is 26.3. The number of carbonyl (C=O) groups is 1. The third kappa shape index (κ3) is 3.16. The number of pyridine rings is 1. The van der Waals surface area contributed by atoms with Gasteiger partial charge in [-0.05, 0) is 6.07 Å². The van der Waals surface area contributed by atoms with Gasteiger partial charge in [0.2, 0.25) is 5.82 Å². The quantitative estimate of drug-likeness (QED) is 0.622. The number of aliphatic carboxylic acids is 1. The van der Waals surface area contributed by atoms with Crippen molar-refractivity contribution in [3.63, 3.8) is 0 Å². The molecule has 0 bridgehead atoms. The third-order valence-electron chi connectivity index (χ3n) is 2.54. The van der Waals surface area contributed by atoms with Crippen molar-refractivity contribution in [3.05, 3.63) is 27.9 Å². The van der Waals surface area contributed by atoms with Crippen LogP contribution in [0.2, 0.25) is 0 Å². The molecule has 19 heavy (non-hydrogen) atoms. The number of nitriles is 1. The second kappa shape index (κ2) is 5.77. The van der Waals surface area contributed by atoms with Crippen molar-refractivity contribution < 1.29 is 14.8 Å². The van der Waals surface area contributed by atoms with E-state index in [0.29, 0.717) is 0 Å². The van der Waals surface area contributed by atoms with Crippen molar-refractivity contribution in [2.75, 3.05) is 18.5 Å². The Bertz CT molecular complexity index is 552. The maximum absolute atomic E-state index is 11.0. The van der Waals surface area contributed by atoms with E-state index >= 15 is 0 Å². The number of aromatic nitrogens is 1. The molecule has 1 unspecified atom stereocenters. The van der Waals surface area contributed by atoms with Gasteiger partial charge in [0, 0.05) is 19.8 Å². The molecule has 0 aliphatic rings. The summed E-state index contributed by atoms with van der Waals surface area (Å²) in [5, 5.41) is 28.7. The summed E-state index contributed by atoms with van der Waals surface area (Å²) in [5.41, 5.74) is -0.519. The van der Waals surface area contributed by atoms with Gasteiger partial charge in [0.15, 0.2) is 0 Å². The highest BCUT2D eigenvalue weighted by Crippen LogP contribution is 2.28. The Balaban J connectivity index is 3.17. The summed E-state index contributed by atoms with van der Waals surface area (Å²) < 4.78 is 0.